The molecule has 30 heavy (non-hydrogen) atoms. The molecule has 0 saturated carbocycles. The molecule has 2 aliphatic rings. The van der Waals surface area contributed by atoms with E-state index in [-0.39, 0.29) is 6.61 Å². The fraction of sp³-hybridized carbons (Fsp3) is 0.435. The van der Waals surface area contributed by atoms with E-state index >= 15 is 0 Å². The Balaban J connectivity index is 1.41. The standard InChI is InChI=1S/C23H26O7/c1-23(2)29-20-19(26-13-15-9-5-3-6-10-15)18(28-22(20)30-23)17(24)14-27-21(25)16-11-7-4-8-12-16/h3-12,17-20,22,24H,13-14H2,1-2H3/t17-,18-,19+,20-,22-/m1/s1. The second-order valence-electron chi connectivity index (χ2n) is 7.86. The van der Waals surface area contributed by atoms with Gasteiger partial charge in [-0.25, -0.2) is 4.79 Å². The van der Waals surface area contributed by atoms with Crippen molar-refractivity contribution in [3.8, 4) is 0 Å². The highest BCUT2D eigenvalue weighted by Gasteiger charge is 2.57. The Morgan fingerprint density at radius 2 is 1.73 bits per heavy atom. The van der Waals surface area contributed by atoms with Crippen molar-refractivity contribution in [2.75, 3.05) is 6.61 Å². The van der Waals surface area contributed by atoms with Gasteiger partial charge in [-0.15, -0.1) is 0 Å². The molecular weight excluding hydrogens is 388 g/mol. The third-order valence-electron chi connectivity index (χ3n) is 5.09. The number of aliphatic hydroxyl groups is 1. The van der Waals surface area contributed by atoms with Gasteiger partial charge in [0.1, 0.15) is 31.0 Å². The first-order chi connectivity index (χ1) is 14.4. The van der Waals surface area contributed by atoms with Crippen molar-refractivity contribution >= 4 is 5.97 Å². The highest BCUT2D eigenvalue weighted by molar-refractivity contribution is 5.89. The van der Waals surface area contributed by atoms with Gasteiger partial charge in [0, 0.05) is 0 Å². The van der Waals surface area contributed by atoms with E-state index in [1.807, 2.05) is 36.4 Å². The molecular formula is C23H26O7. The lowest BCUT2D eigenvalue weighted by molar-refractivity contribution is -0.232. The summed E-state index contributed by atoms with van der Waals surface area (Å²) < 4.78 is 29.0. The van der Waals surface area contributed by atoms with Crippen LogP contribution in [-0.4, -0.2) is 54.2 Å². The third kappa shape index (κ3) is 4.71. The molecule has 0 unspecified atom stereocenters. The van der Waals surface area contributed by atoms with Crippen molar-refractivity contribution < 1.29 is 33.6 Å². The average molecular weight is 414 g/mol. The number of rotatable bonds is 7. The Kier molecular flexibility index (Phi) is 6.17. The first kappa shape index (κ1) is 21.0. The molecule has 2 aliphatic heterocycles. The molecule has 2 aromatic rings. The van der Waals surface area contributed by atoms with Gasteiger partial charge < -0.3 is 28.8 Å². The monoisotopic (exact) mass is 414 g/mol. The number of carbonyl (C=O) groups excluding carboxylic acids is 1. The van der Waals surface area contributed by atoms with E-state index in [4.69, 9.17) is 23.7 Å². The number of aliphatic hydroxyl groups excluding tert-OH is 1. The number of benzene rings is 2. The summed E-state index contributed by atoms with van der Waals surface area (Å²) in [6.45, 7) is 3.70. The van der Waals surface area contributed by atoms with Crippen LogP contribution in [0.3, 0.4) is 0 Å². The molecule has 0 aromatic heterocycles. The summed E-state index contributed by atoms with van der Waals surface area (Å²) in [5, 5.41) is 10.7. The van der Waals surface area contributed by atoms with Crippen LogP contribution >= 0.6 is 0 Å². The van der Waals surface area contributed by atoms with Crippen molar-refractivity contribution in [1.29, 1.82) is 0 Å². The van der Waals surface area contributed by atoms with Crippen LogP contribution in [-0.2, 0) is 30.3 Å². The molecule has 5 atom stereocenters. The van der Waals surface area contributed by atoms with Crippen molar-refractivity contribution in [3.05, 3.63) is 71.8 Å². The molecule has 160 valence electrons. The summed E-state index contributed by atoms with van der Waals surface area (Å²) in [4.78, 5) is 12.2. The highest BCUT2D eigenvalue weighted by Crippen LogP contribution is 2.40. The van der Waals surface area contributed by atoms with Gasteiger partial charge in [-0.2, -0.15) is 0 Å². The van der Waals surface area contributed by atoms with Gasteiger partial charge >= 0.3 is 5.97 Å². The average Bonchev–Trinajstić information content (AvgIpc) is 3.23. The van der Waals surface area contributed by atoms with Gasteiger partial charge in [0.05, 0.1) is 12.2 Å². The second kappa shape index (κ2) is 8.83. The summed E-state index contributed by atoms with van der Waals surface area (Å²) in [6.07, 6.45) is -3.59. The Bertz CT molecular complexity index is 839. The molecule has 2 heterocycles. The van der Waals surface area contributed by atoms with Gasteiger partial charge in [-0.05, 0) is 31.5 Å². The largest absolute Gasteiger partial charge is 0.459 e. The number of fused-ring (bicyclic) bond motifs is 1. The van der Waals surface area contributed by atoms with Crippen LogP contribution in [0.25, 0.3) is 0 Å². The smallest absolute Gasteiger partial charge is 0.338 e. The number of esters is 1. The van der Waals surface area contributed by atoms with E-state index in [9.17, 15) is 9.90 Å². The van der Waals surface area contributed by atoms with E-state index in [0.717, 1.165) is 5.56 Å². The predicted octanol–water partition coefficient (Wildman–Crippen LogP) is 2.67. The van der Waals surface area contributed by atoms with Gasteiger partial charge in [0.25, 0.3) is 0 Å². The lowest BCUT2D eigenvalue weighted by Crippen LogP contribution is -2.44. The van der Waals surface area contributed by atoms with Crippen molar-refractivity contribution in [3.63, 3.8) is 0 Å². The minimum absolute atomic E-state index is 0.230. The van der Waals surface area contributed by atoms with E-state index in [1.165, 1.54) is 0 Å². The normalized spacial score (nSPS) is 28.1. The van der Waals surface area contributed by atoms with Gasteiger partial charge in [-0.1, -0.05) is 48.5 Å². The SMILES string of the molecule is CC1(C)O[C@H]2O[C@H]([C@H](O)COC(=O)c3ccccc3)[C@H](OCc3ccccc3)[C@H]2O1. The zero-order valence-electron chi connectivity index (χ0n) is 17.0. The molecule has 0 amide bonds. The summed E-state index contributed by atoms with van der Waals surface area (Å²) in [6, 6.07) is 18.3. The van der Waals surface area contributed by atoms with E-state index in [0.29, 0.717) is 12.2 Å². The Labute approximate surface area is 175 Å². The summed E-state index contributed by atoms with van der Waals surface area (Å²) in [5.74, 6) is -1.32. The highest BCUT2D eigenvalue weighted by atomic mass is 16.8. The topological polar surface area (TPSA) is 83.5 Å². The molecule has 0 bridgehead atoms. The minimum atomic E-state index is -1.10. The van der Waals surface area contributed by atoms with Gasteiger partial charge in [-0.3, -0.25) is 0 Å². The zero-order chi connectivity index (χ0) is 21.1. The van der Waals surface area contributed by atoms with E-state index < -0.39 is 42.5 Å². The van der Waals surface area contributed by atoms with Crippen molar-refractivity contribution in [2.24, 2.45) is 0 Å². The molecule has 7 heteroatoms. The maximum absolute atomic E-state index is 12.2. The third-order valence-corrected chi connectivity index (χ3v) is 5.09. The lowest BCUT2D eigenvalue weighted by Gasteiger charge is -2.28. The van der Waals surface area contributed by atoms with Crippen LogP contribution in [0.15, 0.2) is 60.7 Å². The number of hydrogen-bond donors (Lipinski definition) is 1. The van der Waals surface area contributed by atoms with Gasteiger partial charge in [0.15, 0.2) is 12.1 Å². The maximum atomic E-state index is 12.2. The molecule has 2 saturated heterocycles. The summed E-state index contributed by atoms with van der Waals surface area (Å²) in [7, 11) is 0. The number of hydrogen-bond acceptors (Lipinski definition) is 7. The Morgan fingerprint density at radius 3 is 2.43 bits per heavy atom. The van der Waals surface area contributed by atoms with Crippen LogP contribution in [0.2, 0.25) is 0 Å². The van der Waals surface area contributed by atoms with Crippen LogP contribution in [0, 0.1) is 0 Å². The van der Waals surface area contributed by atoms with Crippen LogP contribution in [0.1, 0.15) is 29.8 Å². The van der Waals surface area contributed by atoms with Crippen LogP contribution in [0.4, 0.5) is 0 Å². The predicted molar refractivity (Wildman–Crippen MR) is 106 cm³/mol. The maximum Gasteiger partial charge on any atom is 0.338 e. The lowest BCUT2D eigenvalue weighted by atomic mass is 10.1. The summed E-state index contributed by atoms with van der Waals surface area (Å²) in [5.41, 5.74) is 1.40. The quantitative estimate of drug-likeness (QED) is 0.698. The fourth-order valence-electron chi connectivity index (χ4n) is 3.68. The summed E-state index contributed by atoms with van der Waals surface area (Å²) >= 11 is 0. The molecule has 0 aliphatic carbocycles. The van der Waals surface area contributed by atoms with Crippen LogP contribution in [0.5, 0.6) is 0 Å². The molecule has 4 rings (SSSR count). The van der Waals surface area contributed by atoms with Crippen molar-refractivity contribution in [2.45, 2.75) is 56.9 Å². The first-order valence-corrected chi connectivity index (χ1v) is 10.00. The first-order valence-electron chi connectivity index (χ1n) is 10.00. The molecule has 0 radical (unpaired) electrons. The van der Waals surface area contributed by atoms with Crippen molar-refractivity contribution in [1.82, 2.24) is 0 Å². The number of ether oxygens (including phenoxy) is 5. The van der Waals surface area contributed by atoms with E-state index in [2.05, 4.69) is 0 Å². The zero-order valence-corrected chi connectivity index (χ0v) is 17.0. The molecule has 7 nitrogen and oxygen atoms in total. The van der Waals surface area contributed by atoms with E-state index in [1.54, 1.807) is 38.1 Å². The second-order valence-corrected chi connectivity index (χ2v) is 7.86. The fourth-order valence-corrected chi connectivity index (χ4v) is 3.68. The Morgan fingerprint density at radius 1 is 1.07 bits per heavy atom. The molecule has 1 N–H and O–H groups in total. The molecule has 0 spiro atoms. The van der Waals surface area contributed by atoms with Gasteiger partial charge in [0.2, 0.25) is 0 Å². The minimum Gasteiger partial charge on any atom is -0.459 e. The molecule has 2 aromatic carbocycles. The Hall–Kier alpha value is -2.29. The number of carbonyl (C=O) groups is 1. The molecule has 2 fully saturated rings. The van der Waals surface area contributed by atoms with Crippen LogP contribution < -0.4 is 0 Å².